The molecule has 0 aliphatic rings. The third kappa shape index (κ3) is 3.36. The zero-order valence-electron chi connectivity index (χ0n) is 10.2. The Kier molecular flexibility index (Phi) is 5.28. The van der Waals surface area contributed by atoms with E-state index in [1.165, 1.54) is 0 Å². The van der Waals surface area contributed by atoms with E-state index in [2.05, 4.69) is 21.2 Å². The third-order valence-corrected chi connectivity index (χ3v) is 3.03. The van der Waals surface area contributed by atoms with Gasteiger partial charge in [-0.1, -0.05) is 6.92 Å². The fourth-order valence-electron chi connectivity index (χ4n) is 1.34. The molecule has 0 bridgehead atoms. The first kappa shape index (κ1) is 13.8. The third-order valence-electron chi connectivity index (χ3n) is 2.24. The molecule has 0 unspecified atom stereocenters. The molecule has 0 saturated heterocycles. The Morgan fingerprint density at radius 2 is 1.82 bits per heavy atom. The summed E-state index contributed by atoms with van der Waals surface area (Å²) < 4.78 is 11.1. The fourth-order valence-corrected chi connectivity index (χ4v) is 1.89. The van der Waals surface area contributed by atoms with E-state index in [4.69, 9.17) is 9.47 Å². The number of hydrogen-bond donors (Lipinski definition) is 1. The van der Waals surface area contributed by atoms with Gasteiger partial charge in [0.1, 0.15) is 16.0 Å². The monoisotopic (exact) mass is 301 g/mol. The molecule has 1 aromatic carbocycles. The van der Waals surface area contributed by atoms with Crippen LogP contribution >= 0.6 is 15.9 Å². The van der Waals surface area contributed by atoms with Gasteiger partial charge in [-0.05, 0) is 34.5 Å². The van der Waals surface area contributed by atoms with E-state index in [0.29, 0.717) is 28.1 Å². The van der Waals surface area contributed by atoms with Gasteiger partial charge >= 0.3 is 0 Å². The number of ether oxygens (including phenoxy) is 2. The van der Waals surface area contributed by atoms with Crippen molar-refractivity contribution in [2.45, 2.75) is 13.3 Å². The molecule has 0 spiro atoms. The Balaban J connectivity index is 3.04. The minimum absolute atomic E-state index is 0.129. The molecule has 0 aromatic heterocycles. The summed E-state index contributed by atoms with van der Waals surface area (Å²) in [4.78, 5) is 11.8. The number of rotatable bonds is 5. The van der Waals surface area contributed by atoms with Gasteiger partial charge < -0.3 is 14.8 Å². The van der Waals surface area contributed by atoms with E-state index in [-0.39, 0.29) is 5.91 Å². The van der Waals surface area contributed by atoms with Crippen LogP contribution in [0.1, 0.15) is 23.7 Å². The second-order valence-corrected chi connectivity index (χ2v) is 4.24. The second kappa shape index (κ2) is 6.49. The smallest absolute Gasteiger partial charge is 0.251 e. The van der Waals surface area contributed by atoms with E-state index in [1.54, 1.807) is 26.4 Å². The molecule has 0 aliphatic carbocycles. The maximum absolute atomic E-state index is 11.8. The quantitative estimate of drug-likeness (QED) is 0.909. The molecule has 0 radical (unpaired) electrons. The maximum Gasteiger partial charge on any atom is 0.251 e. The van der Waals surface area contributed by atoms with Crippen molar-refractivity contribution >= 4 is 21.8 Å². The van der Waals surface area contributed by atoms with Crippen molar-refractivity contribution in [2.75, 3.05) is 20.8 Å². The maximum atomic E-state index is 11.8. The highest BCUT2D eigenvalue weighted by Crippen LogP contribution is 2.35. The molecule has 1 aromatic rings. The van der Waals surface area contributed by atoms with Crippen LogP contribution in [0.4, 0.5) is 0 Å². The lowest BCUT2D eigenvalue weighted by Gasteiger charge is -2.11. The van der Waals surface area contributed by atoms with Crippen molar-refractivity contribution in [1.29, 1.82) is 0 Å². The van der Waals surface area contributed by atoms with E-state index in [0.717, 1.165) is 6.42 Å². The highest BCUT2D eigenvalue weighted by Gasteiger charge is 2.13. The topological polar surface area (TPSA) is 47.6 Å². The molecule has 94 valence electrons. The molecule has 1 amide bonds. The van der Waals surface area contributed by atoms with Crippen molar-refractivity contribution in [1.82, 2.24) is 5.32 Å². The van der Waals surface area contributed by atoms with Gasteiger partial charge in [-0.3, -0.25) is 4.79 Å². The number of benzene rings is 1. The number of amides is 1. The largest absolute Gasteiger partial charge is 0.495 e. The average molecular weight is 302 g/mol. The summed E-state index contributed by atoms with van der Waals surface area (Å²) in [6.45, 7) is 2.66. The highest BCUT2D eigenvalue weighted by molar-refractivity contribution is 9.10. The predicted octanol–water partition coefficient (Wildman–Crippen LogP) is 2.61. The van der Waals surface area contributed by atoms with Crippen molar-refractivity contribution in [3.05, 3.63) is 22.2 Å². The lowest BCUT2D eigenvalue weighted by atomic mass is 10.2. The van der Waals surface area contributed by atoms with E-state index in [9.17, 15) is 4.79 Å². The van der Waals surface area contributed by atoms with Crippen LogP contribution < -0.4 is 14.8 Å². The van der Waals surface area contributed by atoms with Gasteiger partial charge in [0.15, 0.2) is 0 Å². The number of carbonyl (C=O) groups is 1. The number of nitrogens with one attached hydrogen (secondary N) is 1. The molecule has 0 saturated carbocycles. The van der Waals surface area contributed by atoms with Crippen LogP contribution in [0.3, 0.4) is 0 Å². The summed E-state index contributed by atoms with van der Waals surface area (Å²) in [6, 6.07) is 3.36. The minimum Gasteiger partial charge on any atom is -0.495 e. The van der Waals surface area contributed by atoms with Gasteiger partial charge in [-0.25, -0.2) is 0 Å². The molecule has 0 fully saturated rings. The summed E-state index contributed by atoms with van der Waals surface area (Å²) in [5.74, 6) is 1.02. The van der Waals surface area contributed by atoms with Crippen LogP contribution in [0.25, 0.3) is 0 Å². The molecule has 1 N–H and O–H groups in total. The highest BCUT2D eigenvalue weighted by atomic mass is 79.9. The molecule has 0 heterocycles. The van der Waals surface area contributed by atoms with E-state index < -0.39 is 0 Å². The van der Waals surface area contributed by atoms with Gasteiger partial charge in [0.25, 0.3) is 5.91 Å². The number of halogens is 1. The molecular formula is C12H16BrNO3. The van der Waals surface area contributed by atoms with Crippen molar-refractivity contribution in [3.8, 4) is 11.5 Å². The molecule has 0 aliphatic heterocycles. The predicted molar refractivity (Wildman–Crippen MR) is 69.9 cm³/mol. The van der Waals surface area contributed by atoms with Crippen LogP contribution in [0.5, 0.6) is 11.5 Å². The molecule has 4 nitrogen and oxygen atoms in total. The van der Waals surface area contributed by atoms with E-state index in [1.807, 2.05) is 6.92 Å². The summed E-state index contributed by atoms with van der Waals surface area (Å²) >= 11 is 3.36. The Bertz CT molecular complexity index is 382. The summed E-state index contributed by atoms with van der Waals surface area (Å²) in [5.41, 5.74) is 0.523. The van der Waals surface area contributed by atoms with Crippen LogP contribution in [-0.4, -0.2) is 26.7 Å². The first-order valence-electron chi connectivity index (χ1n) is 5.33. The van der Waals surface area contributed by atoms with Crippen molar-refractivity contribution < 1.29 is 14.3 Å². The first-order chi connectivity index (χ1) is 8.13. The minimum atomic E-state index is -0.129. The van der Waals surface area contributed by atoms with E-state index >= 15 is 0 Å². The van der Waals surface area contributed by atoms with Gasteiger partial charge in [-0.15, -0.1) is 0 Å². The Labute approximate surface area is 109 Å². The van der Waals surface area contributed by atoms with Crippen LogP contribution in [0.15, 0.2) is 16.6 Å². The number of hydrogen-bond acceptors (Lipinski definition) is 3. The van der Waals surface area contributed by atoms with Crippen molar-refractivity contribution in [2.24, 2.45) is 0 Å². The normalized spacial score (nSPS) is 9.88. The lowest BCUT2D eigenvalue weighted by Crippen LogP contribution is -2.24. The Morgan fingerprint density at radius 3 is 2.24 bits per heavy atom. The standard InChI is InChI=1S/C12H16BrNO3/c1-4-5-14-12(15)8-6-9(16-2)11(13)10(7-8)17-3/h6-7H,4-5H2,1-3H3,(H,14,15). The second-order valence-electron chi connectivity index (χ2n) is 3.45. The Morgan fingerprint density at radius 1 is 1.29 bits per heavy atom. The van der Waals surface area contributed by atoms with Gasteiger partial charge in [0, 0.05) is 12.1 Å². The fraction of sp³-hybridized carbons (Fsp3) is 0.417. The zero-order chi connectivity index (χ0) is 12.8. The van der Waals surface area contributed by atoms with Crippen LogP contribution in [-0.2, 0) is 0 Å². The molecule has 1 rings (SSSR count). The summed E-state index contributed by atoms with van der Waals surface area (Å²) in [5, 5.41) is 2.81. The molecule has 17 heavy (non-hydrogen) atoms. The summed E-state index contributed by atoms with van der Waals surface area (Å²) in [7, 11) is 3.10. The Hall–Kier alpha value is -1.23. The van der Waals surface area contributed by atoms with Crippen molar-refractivity contribution in [3.63, 3.8) is 0 Å². The first-order valence-corrected chi connectivity index (χ1v) is 6.13. The van der Waals surface area contributed by atoms with Gasteiger partial charge in [0.05, 0.1) is 14.2 Å². The van der Waals surface area contributed by atoms with Gasteiger partial charge in [-0.2, -0.15) is 0 Å². The average Bonchev–Trinajstić information content (AvgIpc) is 2.36. The zero-order valence-corrected chi connectivity index (χ0v) is 11.8. The van der Waals surface area contributed by atoms with Crippen LogP contribution in [0, 0.1) is 0 Å². The molecule has 0 atom stereocenters. The SMILES string of the molecule is CCCNC(=O)c1cc(OC)c(Br)c(OC)c1. The molecule has 5 heteroatoms. The van der Waals surface area contributed by atoms with Crippen LogP contribution in [0.2, 0.25) is 0 Å². The van der Waals surface area contributed by atoms with Gasteiger partial charge in [0.2, 0.25) is 0 Å². The summed E-state index contributed by atoms with van der Waals surface area (Å²) in [6.07, 6.45) is 0.899. The molecular weight excluding hydrogens is 286 g/mol. The number of carbonyl (C=O) groups excluding carboxylic acids is 1. The number of methoxy groups -OCH3 is 2. The lowest BCUT2D eigenvalue weighted by molar-refractivity contribution is 0.0953.